The number of anilines is 2. The van der Waals surface area contributed by atoms with Gasteiger partial charge in [-0.05, 0) is 35.4 Å². The highest BCUT2D eigenvalue weighted by atomic mass is 16.2. The van der Waals surface area contributed by atoms with Gasteiger partial charge in [0.05, 0.1) is 34.9 Å². The number of rotatable bonds is 0. The Kier molecular flexibility index (Phi) is 19.3. The van der Waals surface area contributed by atoms with E-state index in [9.17, 15) is 9.59 Å². The van der Waals surface area contributed by atoms with E-state index < -0.39 is 0 Å². The molecular formula is C33H48N6O2. The van der Waals surface area contributed by atoms with Gasteiger partial charge in [0, 0.05) is 24.2 Å². The predicted octanol–water partition coefficient (Wildman–Crippen LogP) is 8.25. The number of hydrogen-bond donors (Lipinski definition) is 2. The van der Waals surface area contributed by atoms with Crippen molar-refractivity contribution in [1.82, 2.24) is 20.4 Å². The third-order valence-corrected chi connectivity index (χ3v) is 5.33. The van der Waals surface area contributed by atoms with Gasteiger partial charge in [0.2, 0.25) is 0 Å². The van der Waals surface area contributed by atoms with Crippen LogP contribution in [0.3, 0.4) is 0 Å². The number of benzene rings is 2. The second-order valence-electron chi connectivity index (χ2n) is 7.36. The quantitative estimate of drug-likeness (QED) is 0.224. The van der Waals surface area contributed by atoms with Gasteiger partial charge in [-0.1, -0.05) is 100 Å². The number of aromatic nitrogens is 4. The smallest absolute Gasteiger partial charge is 0.257 e. The Morgan fingerprint density at radius 1 is 0.537 bits per heavy atom. The SMILES string of the molecule is C.C.C.CC.CC.CC.O=C1Nc2ccccc2Cc2nnccc21.O=C1Nc2ccccc2Cc2nnccc21. The largest absolute Gasteiger partial charge is 0.322 e. The van der Waals surface area contributed by atoms with Gasteiger partial charge >= 0.3 is 0 Å². The predicted molar refractivity (Wildman–Crippen MR) is 173 cm³/mol. The summed E-state index contributed by atoms with van der Waals surface area (Å²) in [6.45, 7) is 12.0. The van der Waals surface area contributed by atoms with E-state index in [2.05, 4.69) is 31.0 Å². The molecule has 0 saturated heterocycles. The number of carbonyl (C=O) groups excluding carboxylic acids is 2. The Morgan fingerprint density at radius 3 is 1.24 bits per heavy atom. The van der Waals surface area contributed by atoms with Crippen LogP contribution in [0.4, 0.5) is 11.4 Å². The molecule has 2 amide bonds. The lowest BCUT2D eigenvalue weighted by molar-refractivity contribution is 0.101. The van der Waals surface area contributed by atoms with Crippen molar-refractivity contribution in [2.45, 2.75) is 76.7 Å². The Balaban J connectivity index is 0. The molecule has 2 aliphatic heterocycles. The van der Waals surface area contributed by atoms with Crippen LogP contribution in [-0.2, 0) is 12.8 Å². The van der Waals surface area contributed by atoms with Gasteiger partial charge in [0.15, 0.2) is 0 Å². The first-order valence-electron chi connectivity index (χ1n) is 13.1. The van der Waals surface area contributed by atoms with Gasteiger partial charge in [-0.3, -0.25) is 9.59 Å². The number of nitrogens with one attached hydrogen (secondary N) is 2. The lowest BCUT2D eigenvalue weighted by atomic mass is 10.1. The molecule has 0 radical (unpaired) electrons. The second-order valence-corrected chi connectivity index (χ2v) is 7.36. The lowest BCUT2D eigenvalue weighted by Crippen LogP contribution is -2.12. The molecule has 2 N–H and O–H groups in total. The average Bonchev–Trinajstić information content (AvgIpc) is 3.23. The zero-order chi connectivity index (χ0) is 27.9. The number of nitrogens with zero attached hydrogens (tertiary/aromatic N) is 4. The fourth-order valence-corrected chi connectivity index (χ4v) is 3.73. The molecule has 0 atom stereocenters. The van der Waals surface area contributed by atoms with E-state index in [-0.39, 0.29) is 34.1 Å². The van der Waals surface area contributed by atoms with Crippen molar-refractivity contribution in [3.05, 3.63) is 107 Å². The fraction of sp³-hybridized carbons (Fsp3) is 0.333. The maximum atomic E-state index is 11.9. The summed E-state index contributed by atoms with van der Waals surface area (Å²) in [4.78, 5) is 23.8. The van der Waals surface area contributed by atoms with Crippen molar-refractivity contribution in [2.75, 3.05) is 10.6 Å². The molecule has 2 aromatic carbocycles. The Hall–Kier alpha value is -4.46. The minimum Gasteiger partial charge on any atom is -0.322 e. The van der Waals surface area contributed by atoms with Crippen molar-refractivity contribution in [2.24, 2.45) is 0 Å². The third-order valence-electron chi connectivity index (χ3n) is 5.33. The molecule has 0 saturated carbocycles. The van der Waals surface area contributed by atoms with Crippen molar-refractivity contribution in [3.8, 4) is 0 Å². The number of fused-ring (bicyclic) bond motifs is 4. The first-order valence-corrected chi connectivity index (χ1v) is 13.1. The van der Waals surface area contributed by atoms with Gasteiger partial charge in [0.25, 0.3) is 11.8 Å². The summed E-state index contributed by atoms with van der Waals surface area (Å²) in [5.41, 5.74) is 6.49. The van der Waals surface area contributed by atoms with Crippen LogP contribution in [0, 0.1) is 0 Å². The third kappa shape index (κ3) is 9.90. The summed E-state index contributed by atoms with van der Waals surface area (Å²) in [7, 11) is 0. The van der Waals surface area contributed by atoms with Crippen molar-refractivity contribution in [3.63, 3.8) is 0 Å². The van der Waals surface area contributed by atoms with E-state index >= 15 is 0 Å². The topological polar surface area (TPSA) is 110 Å². The summed E-state index contributed by atoms with van der Waals surface area (Å²) in [5.74, 6) is -0.232. The van der Waals surface area contributed by atoms with E-state index in [1.807, 2.05) is 90.1 Å². The van der Waals surface area contributed by atoms with Crippen molar-refractivity contribution in [1.29, 1.82) is 0 Å². The Bertz CT molecular complexity index is 1240. The van der Waals surface area contributed by atoms with Gasteiger partial charge in [-0.25, -0.2) is 0 Å². The van der Waals surface area contributed by atoms with Gasteiger partial charge < -0.3 is 10.6 Å². The number of carbonyl (C=O) groups is 2. The number of hydrogen-bond acceptors (Lipinski definition) is 6. The minimum absolute atomic E-state index is 0. The highest BCUT2D eigenvalue weighted by Crippen LogP contribution is 2.25. The van der Waals surface area contributed by atoms with Crippen molar-refractivity contribution < 1.29 is 9.59 Å². The van der Waals surface area contributed by atoms with Crippen LogP contribution < -0.4 is 10.6 Å². The van der Waals surface area contributed by atoms with E-state index in [0.717, 1.165) is 33.9 Å². The number of para-hydroxylation sites is 2. The summed E-state index contributed by atoms with van der Waals surface area (Å²) in [6, 6.07) is 18.9. The van der Waals surface area contributed by atoms with Crippen molar-refractivity contribution >= 4 is 23.2 Å². The standard InChI is InChI=1S/2C12H9N3O.3C2H6.3CH4/c2*16-12-9-5-6-13-15-11(9)7-8-3-1-2-4-10(8)14-12;3*1-2;;;/h2*1-6H,7H2,(H,14,16);3*1-2H3;3*1H4. The molecule has 41 heavy (non-hydrogen) atoms. The molecule has 6 rings (SSSR count). The normalized spacial score (nSPS) is 10.9. The van der Waals surface area contributed by atoms with Gasteiger partial charge in [-0.2, -0.15) is 20.4 Å². The van der Waals surface area contributed by atoms with Crippen LogP contribution in [-0.4, -0.2) is 32.2 Å². The van der Waals surface area contributed by atoms with Crippen LogP contribution >= 0.6 is 0 Å². The highest BCUT2D eigenvalue weighted by molar-refractivity contribution is 6.07. The highest BCUT2D eigenvalue weighted by Gasteiger charge is 2.20. The number of amides is 2. The maximum Gasteiger partial charge on any atom is 0.257 e. The molecule has 2 aliphatic rings. The lowest BCUT2D eigenvalue weighted by Gasteiger charge is -2.04. The molecule has 4 heterocycles. The molecule has 0 unspecified atom stereocenters. The summed E-state index contributed by atoms with van der Waals surface area (Å²) >= 11 is 0. The van der Waals surface area contributed by atoms with E-state index in [1.54, 1.807) is 12.1 Å². The second kappa shape index (κ2) is 20.4. The molecule has 0 bridgehead atoms. The molecule has 4 aromatic rings. The monoisotopic (exact) mass is 560 g/mol. The molecule has 2 aromatic heterocycles. The summed E-state index contributed by atoms with van der Waals surface area (Å²) < 4.78 is 0. The summed E-state index contributed by atoms with van der Waals surface area (Å²) in [5, 5.41) is 21.4. The van der Waals surface area contributed by atoms with Crippen LogP contribution in [0.1, 0.15) is 107 Å². The molecule has 0 fully saturated rings. The van der Waals surface area contributed by atoms with Crippen LogP contribution in [0.2, 0.25) is 0 Å². The van der Waals surface area contributed by atoms with Gasteiger partial charge in [0.1, 0.15) is 0 Å². The summed E-state index contributed by atoms with van der Waals surface area (Å²) in [6.07, 6.45) is 4.35. The van der Waals surface area contributed by atoms with Gasteiger partial charge in [-0.15, -0.1) is 0 Å². The van der Waals surface area contributed by atoms with Crippen LogP contribution in [0.5, 0.6) is 0 Å². The molecule has 8 nitrogen and oxygen atoms in total. The van der Waals surface area contributed by atoms with Crippen LogP contribution in [0.15, 0.2) is 73.1 Å². The Labute approximate surface area is 247 Å². The molecule has 0 spiro atoms. The molecular weight excluding hydrogens is 512 g/mol. The van der Waals surface area contributed by atoms with E-state index in [4.69, 9.17) is 0 Å². The zero-order valence-electron chi connectivity index (χ0n) is 22.9. The molecule has 0 aliphatic carbocycles. The van der Waals surface area contributed by atoms with Crippen LogP contribution in [0.25, 0.3) is 0 Å². The Morgan fingerprint density at radius 2 is 0.878 bits per heavy atom. The first-order chi connectivity index (χ1) is 18.7. The maximum absolute atomic E-state index is 11.9. The molecule has 8 heteroatoms. The zero-order valence-corrected chi connectivity index (χ0v) is 22.9. The fourth-order valence-electron chi connectivity index (χ4n) is 3.73. The van der Waals surface area contributed by atoms with E-state index in [1.165, 1.54) is 12.4 Å². The average molecular weight is 561 g/mol. The first kappa shape index (κ1) is 38.7. The minimum atomic E-state index is -0.116. The van der Waals surface area contributed by atoms with E-state index in [0.29, 0.717) is 24.0 Å². The molecule has 222 valence electrons.